The van der Waals surface area contributed by atoms with Gasteiger partial charge in [-0.2, -0.15) is 0 Å². The molecule has 0 saturated carbocycles. The first-order chi connectivity index (χ1) is 15.9. The number of nitrogens with zero attached hydrogens (tertiary/aromatic N) is 1. The molecule has 33 heavy (non-hydrogen) atoms. The predicted octanol–water partition coefficient (Wildman–Crippen LogP) is 6.21. The summed E-state index contributed by atoms with van der Waals surface area (Å²) in [6.45, 7) is 0.233. The van der Waals surface area contributed by atoms with Crippen molar-refractivity contribution in [1.29, 1.82) is 0 Å². The summed E-state index contributed by atoms with van der Waals surface area (Å²) in [7, 11) is 1.52. The number of nitrogens with one attached hydrogen (secondary N) is 1. The summed E-state index contributed by atoms with van der Waals surface area (Å²) in [5.74, 6) is 0.0162. The highest BCUT2D eigenvalue weighted by Crippen LogP contribution is 2.38. The molecule has 9 heteroatoms. The number of aliphatic imine (C=N–C) groups is 1. The van der Waals surface area contributed by atoms with Crippen LogP contribution in [0, 0.1) is 11.6 Å². The van der Waals surface area contributed by atoms with E-state index in [1.807, 2.05) is 0 Å². The van der Waals surface area contributed by atoms with E-state index in [0.29, 0.717) is 37.3 Å². The van der Waals surface area contributed by atoms with E-state index in [1.54, 1.807) is 30.3 Å². The first-order valence-corrected chi connectivity index (χ1v) is 11.3. The average Bonchev–Trinajstić information content (AvgIpc) is 3.13. The molecule has 1 heterocycles. The van der Waals surface area contributed by atoms with Crippen molar-refractivity contribution in [3.8, 4) is 11.5 Å². The van der Waals surface area contributed by atoms with Crippen LogP contribution < -0.4 is 14.8 Å². The lowest BCUT2D eigenvalue weighted by molar-refractivity contribution is -0.115. The van der Waals surface area contributed by atoms with Crippen LogP contribution in [0.4, 0.5) is 14.5 Å². The Morgan fingerprint density at radius 1 is 1.06 bits per heavy atom. The normalized spacial score (nSPS) is 15.7. The van der Waals surface area contributed by atoms with Crippen molar-refractivity contribution < 1.29 is 23.0 Å². The minimum Gasteiger partial charge on any atom is -0.493 e. The lowest BCUT2D eigenvalue weighted by Crippen LogP contribution is -2.19. The van der Waals surface area contributed by atoms with E-state index < -0.39 is 0 Å². The molecule has 1 amide bonds. The molecule has 0 aromatic heterocycles. The summed E-state index contributed by atoms with van der Waals surface area (Å²) < 4.78 is 38.1. The minimum absolute atomic E-state index is 0.233. The molecule has 168 valence electrons. The van der Waals surface area contributed by atoms with Crippen molar-refractivity contribution in [2.24, 2.45) is 4.99 Å². The largest absolute Gasteiger partial charge is 0.493 e. The van der Waals surface area contributed by atoms with E-state index in [2.05, 4.69) is 26.2 Å². The van der Waals surface area contributed by atoms with Gasteiger partial charge in [-0.25, -0.2) is 13.8 Å². The zero-order valence-electron chi connectivity index (χ0n) is 17.3. The number of benzene rings is 3. The van der Waals surface area contributed by atoms with Gasteiger partial charge in [-0.3, -0.25) is 4.79 Å². The number of methoxy groups -OCH3 is 1. The van der Waals surface area contributed by atoms with E-state index >= 15 is 0 Å². The number of carbonyl (C=O) groups is 1. The molecule has 1 N–H and O–H groups in total. The van der Waals surface area contributed by atoms with Gasteiger partial charge in [-0.15, -0.1) is 0 Å². The highest BCUT2D eigenvalue weighted by molar-refractivity contribution is 9.10. The molecule has 0 spiro atoms. The van der Waals surface area contributed by atoms with E-state index in [4.69, 9.17) is 9.47 Å². The Morgan fingerprint density at radius 3 is 2.39 bits per heavy atom. The summed E-state index contributed by atoms with van der Waals surface area (Å²) in [5, 5.41) is 3.11. The number of rotatable bonds is 6. The third-order valence-electron chi connectivity index (χ3n) is 4.55. The van der Waals surface area contributed by atoms with Crippen molar-refractivity contribution in [2.75, 3.05) is 7.11 Å². The van der Waals surface area contributed by atoms with Crippen LogP contribution >= 0.6 is 27.7 Å². The fourth-order valence-corrected chi connectivity index (χ4v) is 4.38. The van der Waals surface area contributed by atoms with Crippen LogP contribution in [0.5, 0.6) is 11.5 Å². The van der Waals surface area contributed by atoms with Crippen LogP contribution in [0.3, 0.4) is 0 Å². The molecule has 0 aliphatic carbocycles. The number of thioether (sulfide) groups is 1. The molecule has 5 nitrogen and oxygen atoms in total. The van der Waals surface area contributed by atoms with Crippen molar-refractivity contribution in [3.05, 3.63) is 92.8 Å². The van der Waals surface area contributed by atoms with Crippen LogP contribution in [0.15, 0.2) is 75.0 Å². The van der Waals surface area contributed by atoms with Crippen LogP contribution in [0.25, 0.3) is 6.08 Å². The molecule has 0 atom stereocenters. The van der Waals surface area contributed by atoms with Crippen molar-refractivity contribution >= 4 is 50.5 Å². The Hall–Kier alpha value is -3.17. The number of hydrogen-bond donors (Lipinski definition) is 1. The summed E-state index contributed by atoms with van der Waals surface area (Å²) in [6, 6.07) is 15.3. The number of amidine groups is 1. The summed E-state index contributed by atoms with van der Waals surface area (Å²) >= 11 is 4.68. The Balaban J connectivity index is 1.52. The molecule has 3 aromatic carbocycles. The number of carbonyl (C=O) groups excluding carboxylic acids is 1. The molecule has 1 saturated heterocycles. The maximum atomic E-state index is 13.1. The Kier molecular flexibility index (Phi) is 7.10. The Labute approximate surface area is 201 Å². The van der Waals surface area contributed by atoms with Gasteiger partial charge in [-0.05, 0) is 93.4 Å². The van der Waals surface area contributed by atoms with E-state index in [9.17, 15) is 13.6 Å². The standard InChI is InChI=1S/C24H17BrF2N2O3S/c1-31-20-11-15(10-19(25)22(20)32-13-14-2-4-16(26)5-3-14)12-21-23(30)29-24(33-21)28-18-8-6-17(27)7-9-18/h2-12H,13H2,1H3,(H,28,29,30)/b21-12+. The highest BCUT2D eigenvalue weighted by Gasteiger charge is 2.24. The zero-order chi connectivity index (χ0) is 23.4. The molecular weight excluding hydrogens is 514 g/mol. The van der Waals surface area contributed by atoms with Crippen molar-refractivity contribution in [1.82, 2.24) is 5.32 Å². The molecule has 4 rings (SSSR count). The molecule has 3 aromatic rings. The number of amides is 1. The van der Waals surface area contributed by atoms with E-state index in [0.717, 1.165) is 5.56 Å². The number of hydrogen-bond acceptors (Lipinski definition) is 5. The molecular formula is C24H17BrF2N2O3S. The molecule has 0 unspecified atom stereocenters. The van der Waals surface area contributed by atoms with Crippen LogP contribution in [-0.4, -0.2) is 18.2 Å². The molecule has 0 radical (unpaired) electrons. The van der Waals surface area contributed by atoms with Gasteiger partial charge >= 0.3 is 0 Å². The SMILES string of the molecule is COc1cc(/C=C2/SC(=Nc3ccc(F)cc3)NC2=O)cc(Br)c1OCc1ccc(F)cc1. The van der Waals surface area contributed by atoms with Crippen LogP contribution in [0.1, 0.15) is 11.1 Å². The third-order valence-corrected chi connectivity index (χ3v) is 6.05. The highest BCUT2D eigenvalue weighted by atomic mass is 79.9. The lowest BCUT2D eigenvalue weighted by Gasteiger charge is -2.14. The maximum Gasteiger partial charge on any atom is 0.264 e. The van der Waals surface area contributed by atoms with Gasteiger partial charge in [0.25, 0.3) is 5.91 Å². The number of ether oxygens (including phenoxy) is 2. The summed E-state index contributed by atoms with van der Waals surface area (Å²) in [5.41, 5.74) is 2.06. The monoisotopic (exact) mass is 530 g/mol. The zero-order valence-corrected chi connectivity index (χ0v) is 19.7. The van der Waals surface area contributed by atoms with Crippen molar-refractivity contribution in [2.45, 2.75) is 6.61 Å². The number of halogens is 3. The van der Waals surface area contributed by atoms with Gasteiger partial charge in [0.2, 0.25) is 0 Å². The quantitative estimate of drug-likeness (QED) is 0.385. The van der Waals surface area contributed by atoms with Crippen LogP contribution in [0.2, 0.25) is 0 Å². The smallest absolute Gasteiger partial charge is 0.264 e. The van der Waals surface area contributed by atoms with Gasteiger partial charge in [0.15, 0.2) is 16.7 Å². The summed E-state index contributed by atoms with van der Waals surface area (Å²) in [6.07, 6.45) is 1.71. The second-order valence-corrected chi connectivity index (χ2v) is 8.79. The second-order valence-electron chi connectivity index (χ2n) is 6.91. The van der Waals surface area contributed by atoms with E-state index in [1.165, 1.54) is 55.3 Å². The Morgan fingerprint density at radius 2 is 1.73 bits per heavy atom. The fraction of sp³-hybridized carbons (Fsp3) is 0.0833. The summed E-state index contributed by atoms with van der Waals surface area (Å²) in [4.78, 5) is 17.2. The van der Waals surface area contributed by atoms with E-state index in [-0.39, 0.29) is 24.1 Å². The van der Waals surface area contributed by atoms with Crippen molar-refractivity contribution in [3.63, 3.8) is 0 Å². The van der Waals surface area contributed by atoms with Gasteiger partial charge < -0.3 is 14.8 Å². The molecule has 1 aliphatic rings. The van der Waals surface area contributed by atoms with Gasteiger partial charge in [0.1, 0.15) is 18.2 Å². The average molecular weight is 531 g/mol. The fourth-order valence-electron chi connectivity index (χ4n) is 2.96. The lowest BCUT2D eigenvalue weighted by atomic mass is 10.2. The van der Waals surface area contributed by atoms with Gasteiger partial charge in [-0.1, -0.05) is 12.1 Å². The van der Waals surface area contributed by atoms with Crippen LogP contribution in [-0.2, 0) is 11.4 Å². The maximum absolute atomic E-state index is 13.1. The predicted molar refractivity (Wildman–Crippen MR) is 129 cm³/mol. The molecule has 1 fully saturated rings. The molecule has 1 aliphatic heterocycles. The minimum atomic E-state index is -0.354. The molecule has 0 bridgehead atoms. The first kappa shape index (κ1) is 23.0. The Bertz CT molecular complexity index is 1250. The first-order valence-electron chi connectivity index (χ1n) is 9.71. The third kappa shape index (κ3) is 5.80. The topological polar surface area (TPSA) is 59.9 Å². The second kappa shape index (κ2) is 10.2. The van der Waals surface area contributed by atoms with Gasteiger partial charge in [0.05, 0.1) is 22.2 Å². The van der Waals surface area contributed by atoms with Gasteiger partial charge in [0, 0.05) is 0 Å².